The zero-order chi connectivity index (χ0) is 19.4. The number of nitro groups is 1. The zero-order valence-corrected chi connectivity index (χ0v) is 15.9. The first kappa shape index (κ1) is 19.6. The predicted molar refractivity (Wildman–Crippen MR) is 101 cm³/mol. The molecule has 2 aromatic rings. The van der Waals surface area contributed by atoms with Crippen LogP contribution in [-0.4, -0.2) is 43.9 Å². The van der Waals surface area contributed by atoms with Gasteiger partial charge in [-0.3, -0.25) is 10.1 Å². The molecule has 0 atom stereocenters. The summed E-state index contributed by atoms with van der Waals surface area (Å²) in [7, 11) is -3.80. The van der Waals surface area contributed by atoms with Crippen LogP contribution in [0.2, 0.25) is 5.02 Å². The molecule has 10 heteroatoms. The first-order valence-electron chi connectivity index (χ1n) is 8.22. The van der Waals surface area contributed by atoms with Gasteiger partial charge in [-0.2, -0.15) is 4.31 Å². The van der Waals surface area contributed by atoms with Crippen LogP contribution in [0, 0.1) is 10.1 Å². The first-order valence-corrected chi connectivity index (χ1v) is 10.0. The van der Waals surface area contributed by atoms with Gasteiger partial charge < -0.3 is 10.1 Å². The molecule has 1 aliphatic rings. The third-order valence-corrected chi connectivity index (χ3v) is 6.28. The number of halogens is 1. The van der Waals surface area contributed by atoms with Crippen LogP contribution >= 0.6 is 11.6 Å². The number of hydrogen-bond acceptors (Lipinski definition) is 6. The van der Waals surface area contributed by atoms with Crippen molar-refractivity contribution >= 4 is 33.0 Å². The number of hydrogen-bond donors (Lipinski definition) is 1. The molecule has 0 spiro atoms. The molecule has 8 nitrogen and oxygen atoms in total. The minimum atomic E-state index is -3.80. The van der Waals surface area contributed by atoms with Crippen molar-refractivity contribution in [3.63, 3.8) is 0 Å². The zero-order valence-electron chi connectivity index (χ0n) is 14.3. The molecule has 0 aromatic heterocycles. The van der Waals surface area contributed by atoms with Crippen molar-refractivity contribution in [3.8, 4) is 0 Å². The summed E-state index contributed by atoms with van der Waals surface area (Å²) < 4.78 is 31.8. The number of benzene rings is 2. The van der Waals surface area contributed by atoms with Crippen molar-refractivity contribution in [2.75, 3.05) is 31.6 Å². The molecular weight excluding hydrogens is 394 g/mol. The van der Waals surface area contributed by atoms with Gasteiger partial charge in [0.05, 0.1) is 23.0 Å². The standard InChI is InChI=1S/C17H18ClN3O5S/c18-14-3-1-2-13(10-14)12-19-16-5-4-15(11-17(16)21(22)23)27(24,25)20-6-8-26-9-7-20/h1-5,10-11,19H,6-9,12H2. The fourth-order valence-corrected chi connectivity index (χ4v) is 4.39. The molecule has 1 N–H and O–H groups in total. The highest BCUT2D eigenvalue weighted by molar-refractivity contribution is 7.89. The Morgan fingerprint density at radius 3 is 2.59 bits per heavy atom. The van der Waals surface area contributed by atoms with Crippen molar-refractivity contribution in [1.29, 1.82) is 0 Å². The predicted octanol–water partition coefficient (Wildman–Crippen LogP) is 2.88. The van der Waals surface area contributed by atoms with E-state index in [1.807, 2.05) is 6.07 Å². The number of sulfonamides is 1. The van der Waals surface area contributed by atoms with E-state index >= 15 is 0 Å². The van der Waals surface area contributed by atoms with Crippen molar-refractivity contribution < 1.29 is 18.1 Å². The highest BCUT2D eigenvalue weighted by Crippen LogP contribution is 2.29. The summed E-state index contributed by atoms with van der Waals surface area (Å²) in [5.41, 5.74) is 0.786. The molecule has 0 unspecified atom stereocenters. The first-order chi connectivity index (χ1) is 12.9. The van der Waals surface area contributed by atoms with Gasteiger partial charge in [0, 0.05) is 30.7 Å². The number of nitrogens with one attached hydrogen (secondary N) is 1. The monoisotopic (exact) mass is 411 g/mol. The van der Waals surface area contributed by atoms with Crippen LogP contribution in [0.5, 0.6) is 0 Å². The minimum absolute atomic E-state index is 0.107. The van der Waals surface area contributed by atoms with Gasteiger partial charge in [0.15, 0.2) is 0 Å². The molecule has 0 aliphatic carbocycles. The van der Waals surface area contributed by atoms with Crippen molar-refractivity contribution in [1.82, 2.24) is 4.31 Å². The van der Waals surface area contributed by atoms with Crippen molar-refractivity contribution in [3.05, 3.63) is 63.2 Å². The molecule has 1 heterocycles. The molecule has 1 saturated heterocycles. The second kappa shape index (κ2) is 8.22. The maximum Gasteiger partial charge on any atom is 0.293 e. The summed E-state index contributed by atoms with van der Waals surface area (Å²) in [6.07, 6.45) is 0. The molecule has 2 aromatic carbocycles. The van der Waals surface area contributed by atoms with E-state index in [1.165, 1.54) is 16.4 Å². The number of rotatable bonds is 6. The van der Waals surface area contributed by atoms with Crippen LogP contribution in [-0.2, 0) is 21.3 Å². The number of anilines is 1. The van der Waals surface area contributed by atoms with Crippen LogP contribution in [0.3, 0.4) is 0 Å². The fraction of sp³-hybridized carbons (Fsp3) is 0.294. The van der Waals surface area contributed by atoms with E-state index in [4.69, 9.17) is 16.3 Å². The van der Waals surface area contributed by atoms with Crippen LogP contribution in [0.4, 0.5) is 11.4 Å². The van der Waals surface area contributed by atoms with Crippen LogP contribution in [0.15, 0.2) is 47.4 Å². The molecule has 3 rings (SSSR count). The molecule has 0 radical (unpaired) electrons. The fourth-order valence-electron chi connectivity index (χ4n) is 2.75. The number of nitro benzene ring substituents is 1. The summed E-state index contributed by atoms with van der Waals surface area (Å²) >= 11 is 5.94. The van der Waals surface area contributed by atoms with Gasteiger partial charge in [0.1, 0.15) is 5.69 Å². The lowest BCUT2D eigenvalue weighted by atomic mass is 10.2. The average Bonchev–Trinajstić information content (AvgIpc) is 2.67. The van der Waals surface area contributed by atoms with Gasteiger partial charge in [0.2, 0.25) is 10.0 Å². The average molecular weight is 412 g/mol. The topological polar surface area (TPSA) is 102 Å². The summed E-state index contributed by atoms with van der Waals surface area (Å²) in [5.74, 6) is 0. The van der Waals surface area contributed by atoms with Crippen molar-refractivity contribution in [2.45, 2.75) is 11.4 Å². The summed E-state index contributed by atoms with van der Waals surface area (Å²) in [5, 5.41) is 15.0. The number of ether oxygens (including phenoxy) is 1. The van der Waals surface area contributed by atoms with Crippen molar-refractivity contribution in [2.24, 2.45) is 0 Å². The Kier molecular flexibility index (Phi) is 5.95. The maximum atomic E-state index is 12.7. The number of morpholine rings is 1. The Labute approximate surface area is 161 Å². The van der Waals surface area contributed by atoms with Gasteiger partial charge in [-0.15, -0.1) is 0 Å². The second-order valence-corrected chi connectivity index (χ2v) is 8.31. The Balaban J connectivity index is 1.85. The SMILES string of the molecule is O=[N+]([O-])c1cc(S(=O)(=O)N2CCOCC2)ccc1NCc1cccc(Cl)c1. The summed E-state index contributed by atoms with van der Waals surface area (Å²) in [4.78, 5) is 10.8. The Morgan fingerprint density at radius 2 is 1.93 bits per heavy atom. The normalized spacial score (nSPS) is 15.4. The third kappa shape index (κ3) is 4.56. The van der Waals surface area contributed by atoms with E-state index < -0.39 is 14.9 Å². The number of nitrogens with zero attached hydrogens (tertiary/aromatic N) is 2. The molecule has 1 aliphatic heterocycles. The highest BCUT2D eigenvalue weighted by Gasteiger charge is 2.28. The Morgan fingerprint density at radius 1 is 1.19 bits per heavy atom. The van der Waals surface area contributed by atoms with Gasteiger partial charge in [-0.1, -0.05) is 23.7 Å². The molecule has 1 fully saturated rings. The van der Waals surface area contributed by atoms with E-state index in [2.05, 4.69) is 5.32 Å². The van der Waals surface area contributed by atoms with Gasteiger partial charge in [0.25, 0.3) is 5.69 Å². The highest BCUT2D eigenvalue weighted by atomic mass is 35.5. The summed E-state index contributed by atoms with van der Waals surface area (Å²) in [6, 6.07) is 11.0. The quantitative estimate of drug-likeness (QED) is 0.579. The molecule has 0 amide bonds. The summed E-state index contributed by atoms with van der Waals surface area (Å²) in [6.45, 7) is 1.38. The Hall–Kier alpha value is -2.20. The Bertz CT molecular complexity index is 945. The molecule has 0 saturated carbocycles. The molecule has 27 heavy (non-hydrogen) atoms. The van der Waals surface area contributed by atoms with Crippen LogP contribution in [0.25, 0.3) is 0 Å². The van der Waals surface area contributed by atoms with Gasteiger partial charge in [-0.25, -0.2) is 8.42 Å². The largest absolute Gasteiger partial charge is 0.379 e. The van der Waals surface area contributed by atoms with E-state index in [-0.39, 0.29) is 29.4 Å². The van der Waals surface area contributed by atoms with Crippen LogP contribution < -0.4 is 5.32 Å². The minimum Gasteiger partial charge on any atom is -0.379 e. The maximum absolute atomic E-state index is 12.7. The van der Waals surface area contributed by atoms with Gasteiger partial charge >= 0.3 is 0 Å². The van der Waals surface area contributed by atoms with E-state index in [0.29, 0.717) is 24.8 Å². The molecule has 0 bridgehead atoms. The van der Waals surface area contributed by atoms with Crippen LogP contribution in [0.1, 0.15) is 5.56 Å². The van der Waals surface area contributed by atoms with E-state index in [9.17, 15) is 18.5 Å². The molecule has 144 valence electrons. The lowest BCUT2D eigenvalue weighted by Crippen LogP contribution is -2.40. The lowest BCUT2D eigenvalue weighted by Gasteiger charge is -2.26. The van der Waals surface area contributed by atoms with E-state index in [1.54, 1.807) is 18.2 Å². The van der Waals surface area contributed by atoms with E-state index in [0.717, 1.165) is 11.6 Å². The third-order valence-electron chi connectivity index (χ3n) is 4.15. The smallest absolute Gasteiger partial charge is 0.293 e. The van der Waals surface area contributed by atoms with Gasteiger partial charge in [-0.05, 0) is 29.8 Å². The molecular formula is C17H18ClN3O5S. The second-order valence-electron chi connectivity index (χ2n) is 5.94. The lowest BCUT2D eigenvalue weighted by molar-refractivity contribution is -0.384.